The molecule has 0 spiro atoms. The average Bonchev–Trinajstić information content (AvgIpc) is 3.00. The summed E-state index contributed by atoms with van der Waals surface area (Å²) in [6.07, 6.45) is -5.56. The molecule has 0 radical (unpaired) electrons. The SMILES string of the molecule is O=C(CCc1ccccc1)N1N=C(C(F)(F)F)C[C@@]1(O)c1ccc(F)cc1. The van der Waals surface area contributed by atoms with Gasteiger partial charge in [0.05, 0.1) is 6.42 Å². The second-order valence-electron chi connectivity index (χ2n) is 6.24. The summed E-state index contributed by atoms with van der Waals surface area (Å²) in [5, 5.41) is 14.7. The van der Waals surface area contributed by atoms with E-state index in [0.29, 0.717) is 5.01 Å². The summed E-state index contributed by atoms with van der Waals surface area (Å²) in [5.74, 6) is -1.37. The average molecular weight is 380 g/mol. The summed E-state index contributed by atoms with van der Waals surface area (Å²) < 4.78 is 52.6. The van der Waals surface area contributed by atoms with Crippen LogP contribution in [-0.2, 0) is 16.9 Å². The van der Waals surface area contributed by atoms with Crippen molar-refractivity contribution in [2.24, 2.45) is 5.10 Å². The number of carbonyl (C=O) groups excluding carboxylic acids is 1. The van der Waals surface area contributed by atoms with E-state index in [-0.39, 0.29) is 18.4 Å². The van der Waals surface area contributed by atoms with Crippen molar-refractivity contribution in [1.29, 1.82) is 0 Å². The summed E-state index contributed by atoms with van der Waals surface area (Å²) in [6, 6.07) is 13.2. The van der Waals surface area contributed by atoms with Gasteiger partial charge in [-0.2, -0.15) is 23.3 Å². The fourth-order valence-corrected chi connectivity index (χ4v) is 2.91. The summed E-state index contributed by atoms with van der Waals surface area (Å²) in [4.78, 5) is 12.6. The zero-order valence-corrected chi connectivity index (χ0v) is 14.1. The molecule has 0 aliphatic carbocycles. The van der Waals surface area contributed by atoms with Crippen molar-refractivity contribution in [2.75, 3.05) is 0 Å². The van der Waals surface area contributed by atoms with Gasteiger partial charge in [-0.05, 0) is 24.1 Å². The molecule has 1 atom stereocenters. The van der Waals surface area contributed by atoms with Gasteiger partial charge < -0.3 is 5.11 Å². The number of rotatable bonds is 4. The van der Waals surface area contributed by atoms with Crippen LogP contribution in [0, 0.1) is 5.82 Å². The fraction of sp³-hybridized carbons (Fsp3) is 0.263. The number of amides is 1. The zero-order valence-electron chi connectivity index (χ0n) is 14.1. The minimum atomic E-state index is -4.79. The van der Waals surface area contributed by atoms with Crippen LogP contribution in [0.2, 0.25) is 0 Å². The molecule has 0 aromatic heterocycles. The van der Waals surface area contributed by atoms with E-state index in [4.69, 9.17) is 0 Å². The number of hydrogen-bond donors (Lipinski definition) is 1. The fourth-order valence-electron chi connectivity index (χ4n) is 2.91. The monoisotopic (exact) mass is 380 g/mol. The minimum Gasteiger partial charge on any atom is -0.365 e. The summed E-state index contributed by atoms with van der Waals surface area (Å²) in [6.45, 7) is 0. The van der Waals surface area contributed by atoms with Gasteiger partial charge in [0.25, 0.3) is 0 Å². The van der Waals surface area contributed by atoms with Crippen molar-refractivity contribution < 1.29 is 27.5 Å². The Morgan fingerprint density at radius 2 is 1.74 bits per heavy atom. The van der Waals surface area contributed by atoms with Gasteiger partial charge in [-0.25, -0.2) is 4.39 Å². The number of hydrazone groups is 1. The molecule has 1 heterocycles. The van der Waals surface area contributed by atoms with Gasteiger partial charge in [0.1, 0.15) is 11.5 Å². The zero-order chi connectivity index (χ0) is 19.7. The highest BCUT2D eigenvalue weighted by Crippen LogP contribution is 2.40. The van der Waals surface area contributed by atoms with Crippen LogP contribution in [0.5, 0.6) is 0 Å². The lowest BCUT2D eigenvalue weighted by Crippen LogP contribution is -2.43. The molecule has 0 unspecified atom stereocenters. The topological polar surface area (TPSA) is 52.9 Å². The largest absolute Gasteiger partial charge is 0.431 e. The highest BCUT2D eigenvalue weighted by Gasteiger charge is 2.52. The lowest BCUT2D eigenvalue weighted by Gasteiger charge is -2.31. The smallest absolute Gasteiger partial charge is 0.365 e. The normalized spacial score (nSPS) is 19.9. The number of nitrogens with zero attached hydrogens (tertiary/aromatic N) is 2. The molecule has 0 bridgehead atoms. The van der Waals surface area contributed by atoms with Crippen LogP contribution in [-0.4, -0.2) is 27.9 Å². The molecule has 1 aliphatic rings. The van der Waals surface area contributed by atoms with Crippen LogP contribution in [0.1, 0.15) is 24.0 Å². The van der Waals surface area contributed by atoms with Crippen LogP contribution < -0.4 is 0 Å². The maximum atomic E-state index is 13.2. The Morgan fingerprint density at radius 3 is 2.33 bits per heavy atom. The standard InChI is InChI=1S/C19H16F4N2O2/c20-15-9-7-14(8-10-15)18(27)12-16(19(21,22)23)24-25(18)17(26)11-6-13-4-2-1-3-5-13/h1-5,7-10,27H,6,11-12H2/t18-/m1/s1. The second kappa shape index (κ2) is 7.11. The Balaban J connectivity index is 1.88. The lowest BCUT2D eigenvalue weighted by atomic mass is 9.96. The number of carbonyl (C=O) groups is 1. The first-order valence-electron chi connectivity index (χ1n) is 8.20. The van der Waals surface area contributed by atoms with Gasteiger partial charge in [0, 0.05) is 12.0 Å². The van der Waals surface area contributed by atoms with Gasteiger partial charge in [-0.3, -0.25) is 4.79 Å². The van der Waals surface area contributed by atoms with Gasteiger partial charge in [0.15, 0.2) is 5.72 Å². The third kappa shape index (κ3) is 4.00. The van der Waals surface area contributed by atoms with Crippen LogP contribution in [0.3, 0.4) is 0 Å². The number of alkyl halides is 3. The number of hydrogen-bond acceptors (Lipinski definition) is 3. The van der Waals surface area contributed by atoms with Crippen molar-refractivity contribution in [3.8, 4) is 0 Å². The minimum absolute atomic E-state index is 0.0417. The quantitative estimate of drug-likeness (QED) is 0.822. The summed E-state index contributed by atoms with van der Waals surface area (Å²) in [7, 11) is 0. The van der Waals surface area contributed by atoms with Crippen molar-refractivity contribution >= 4 is 11.6 Å². The first kappa shape index (κ1) is 19.0. The Bertz CT molecular complexity index is 850. The van der Waals surface area contributed by atoms with E-state index in [1.807, 2.05) is 0 Å². The van der Waals surface area contributed by atoms with E-state index in [2.05, 4.69) is 5.10 Å². The van der Waals surface area contributed by atoms with E-state index >= 15 is 0 Å². The van der Waals surface area contributed by atoms with E-state index in [1.165, 1.54) is 0 Å². The molecule has 1 N–H and O–H groups in total. The van der Waals surface area contributed by atoms with Crippen LogP contribution in [0.4, 0.5) is 17.6 Å². The lowest BCUT2D eigenvalue weighted by molar-refractivity contribution is -0.157. The first-order valence-corrected chi connectivity index (χ1v) is 8.20. The van der Waals surface area contributed by atoms with Crippen LogP contribution in [0.25, 0.3) is 0 Å². The molecule has 4 nitrogen and oxygen atoms in total. The van der Waals surface area contributed by atoms with Gasteiger partial charge in [-0.15, -0.1) is 0 Å². The van der Waals surface area contributed by atoms with E-state index in [0.717, 1.165) is 29.8 Å². The van der Waals surface area contributed by atoms with E-state index in [9.17, 15) is 27.5 Å². The number of benzene rings is 2. The highest BCUT2D eigenvalue weighted by molar-refractivity contribution is 5.94. The molecule has 0 saturated carbocycles. The number of halogens is 4. The third-order valence-electron chi connectivity index (χ3n) is 4.33. The Morgan fingerprint density at radius 1 is 1.11 bits per heavy atom. The molecule has 142 valence electrons. The molecule has 27 heavy (non-hydrogen) atoms. The molecule has 1 amide bonds. The molecule has 1 aliphatic heterocycles. The Labute approximate surface area is 152 Å². The molecular weight excluding hydrogens is 364 g/mol. The molecule has 0 fully saturated rings. The first-order chi connectivity index (χ1) is 12.7. The predicted octanol–water partition coefficient (Wildman–Crippen LogP) is 3.75. The summed E-state index contributed by atoms with van der Waals surface area (Å²) >= 11 is 0. The Hall–Kier alpha value is -2.74. The van der Waals surface area contributed by atoms with Crippen molar-refractivity contribution in [2.45, 2.75) is 31.2 Å². The highest BCUT2D eigenvalue weighted by atomic mass is 19.4. The third-order valence-corrected chi connectivity index (χ3v) is 4.33. The molecular formula is C19H16F4N2O2. The van der Waals surface area contributed by atoms with Gasteiger partial charge in [0.2, 0.25) is 5.91 Å². The van der Waals surface area contributed by atoms with Gasteiger partial charge >= 0.3 is 6.18 Å². The van der Waals surface area contributed by atoms with Crippen LogP contribution in [0.15, 0.2) is 59.7 Å². The second-order valence-corrected chi connectivity index (χ2v) is 6.24. The Kier molecular flexibility index (Phi) is 5.01. The molecule has 2 aromatic carbocycles. The number of aryl methyl sites for hydroxylation is 1. The predicted molar refractivity (Wildman–Crippen MR) is 90.0 cm³/mol. The van der Waals surface area contributed by atoms with Crippen molar-refractivity contribution in [1.82, 2.24) is 5.01 Å². The van der Waals surface area contributed by atoms with Crippen molar-refractivity contribution in [3.63, 3.8) is 0 Å². The molecule has 8 heteroatoms. The van der Waals surface area contributed by atoms with E-state index < -0.39 is 35.8 Å². The van der Waals surface area contributed by atoms with Crippen molar-refractivity contribution in [3.05, 3.63) is 71.5 Å². The molecule has 0 saturated heterocycles. The maximum Gasteiger partial charge on any atom is 0.431 e. The molecule has 2 aromatic rings. The molecule has 3 rings (SSSR count). The maximum absolute atomic E-state index is 13.2. The summed E-state index contributed by atoms with van der Waals surface area (Å²) in [5.41, 5.74) is -2.79. The van der Waals surface area contributed by atoms with Crippen LogP contribution >= 0.6 is 0 Å². The number of aliphatic hydroxyl groups is 1. The van der Waals surface area contributed by atoms with E-state index in [1.54, 1.807) is 30.3 Å². The van der Waals surface area contributed by atoms with Gasteiger partial charge in [-0.1, -0.05) is 42.5 Å².